The second kappa shape index (κ2) is 9.28. The second-order valence-corrected chi connectivity index (χ2v) is 7.94. The first kappa shape index (κ1) is 19.0. The lowest BCUT2D eigenvalue weighted by atomic mass is 9.89. The van der Waals surface area contributed by atoms with Crippen molar-refractivity contribution in [2.24, 2.45) is 11.7 Å². The van der Waals surface area contributed by atoms with Gasteiger partial charge in [0, 0.05) is 26.2 Å². The molecule has 2 aliphatic heterocycles. The van der Waals surface area contributed by atoms with Gasteiger partial charge in [0.15, 0.2) is 0 Å². The average Bonchev–Trinajstić information content (AvgIpc) is 3.28. The van der Waals surface area contributed by atoms with Crippen LogP contribution in [-0.2, 0) is 9.53 Å². The summed E-state index contributed by atoms with van der Waals surface area (Å²) in [7, 11) is 0. The Kier molecular flexibility index (Phi) is 7.07. The second-order valence-electron chi connectivity index (χ2n) is 7.94. The standard InChI is InChI=1S/C18H34N4O3/c19-15(9-16(23)17-7-4-8-25-17)18(24)21-14-10-20-22(12-14)11-13-5-2-1-3-6-13/h13-17,20,23H,1-12,19H2,(H,21,24). The predicted molar refractivity (Wildman–Crippen MR) is 95.7 cm³/mol. The fourth-order valence-electron chi connectivity index (χ4n) is 4.28. The predicted octanol–water partition coefficient (Wildman–Crippen LogP) is 0.129. The van der Waals surface area contributed by atoms with Crippen molar-refractivity contribution in [2.75, 3.05) is 26.2 Å². The van der Waals surface area contributed by atoms with E-state index in [1.54, 1.807) is 0 Å². The zero-order chi connectivity index (χ0) is 17.6. The molecule has 25 heavy (non-hydrogen) atoms. The molecule has 2 saturated heterocycles. The number of nitrogens with zero attached hydrogens (tertiary/aromatic N) is 1. The maximum atomic E-state index is 12.3. The third-order valence-corrected chi connectivity index (χ3v) is 5.78. The number of nitrogens with two attached hydrogens (primary N) is 1. The number of hydrazine groups is 1. The molecule has 1 aliphatic carbocycles. The van der Waals surface area contributed by atoms with Crippen LogP contribution in [0.25, 0.3) is 0 Å². The molecule has 3 rings (SSSR count). The SMILES string of the molecule is NC(CC(O)C1CCCO1)C(=O)NC1CNN(CC2CCCCC2)C1. The van der Waals surface area contributed by atoms with E-state index in [9.17, 15) is 9.90 Å². The summed E-state index contributed by atoms with van der Waals surface area (Å²) in [5.74, 6) is 0.600. The van der Waals surface area contributed by atoms with Crippen LogP contribution in [0.3, 0.4) is 0 Å². The van der Waals surface area contributed by atoms with Crippen LogP contribution in [0.1, 0.15) is 51.4 Å². The fourth-order valence-corrected chi connectivity index (χ4v) is 4.28. The smallest absolute Gasteiger partial charge is 0.237 e. The van der Waals surface area contributed by atoms with Crippen LogP contribution in [-0.4, -0.2) is 66.6 Å². The number of hydrogen-bond donors (Lipinski definition) is 4. The van der Waals surface area contributed by atoms with E-state index in [0.29, 0.717) is 6.61 Å². The normalized spacial score (nSPS) is 31.1. The van der Waals surface area contributed by atoms with Gasteiger partial charge in [0.1, 0.15) is 0 Å². The third-order valence-electron chi connectivity index (χ3n) is 5.78. The Balaban J connectivity index is 1.36. The van der Waals surface area contributed by atoms with Crippen LogP contribution in [0.4, 0.5) is 0 Å². The largest absolute Gasteiger partial charge is 0.390 e. The maximum absolute atomic E-state index is 12.3. The van der Waals surface area contributed by atoms with Crippen molar-refractivity contribution in [2.45, 2.75) is 75.7 Å². The number of amides is 1. The van der Waals surface area contributed by atoms with Crippen molar-refractivity contribution in [1.82, 2.24) is 15.8 Å². The molecule has 4 atom stereocenters. The molecule has 144 valence electrons. The summed E-state index contributed by atoms with van der Waals surface area (Å²) in [6.45, 7) is 3.33. The molecule has 3 aliphatic rings. The van der Waals surface area contributed by atoms with Gasteiger partial charge in [-0.15, -0.1) is 0 Å². The van der Waals surface area contributed by atoms with E-state index in [0.717, 1.165) is 38.4 Å². The van der Waals surface area contributed by atoms with Crippen molar-refractivity contribution < 1.29 is 14.6 Å². The number of ether oxygens (including phenoxy) is 1. The number of nitrogens with one attached hydrogen (secondary N) is 2. The van der Waals surface area contributed by atoms with E-state index in [2.05, 4.69) is 15.8 Å². The van der Waals surface area contributed by atoms with Gasteiger partial charge in [-0.25, -0.2) is 5.01 Å². The zero-order valence-electron chi connectivity index (χ0n) is 15.2. The Labute approximate surface area is 150 Å². The van der Waals surface area contributed by atoms with E-state index in [4.69, 9.17) is 10.5 Å². The molecular formula is C18H34N4O3. The molecule has 3 fully saturated rings. The van der Waals surface area contributed by atoms with Gasteiger partial charge in [-0.1, -0.05) is 19.3 Å². The lowest BCUT2D eigenvalue weighted by molar-refractivity contribution is -0.124. The molecule has 0 aromatic heterocycles. The van der Waals surface area contributed by atoms with E-state index >= 15 is 0 Å². The molecule has 0 bridgehead atoms. The molecule has 4 unspecified atom stereocenters. The third kappa shape index (κ3) is 5.62. The van der Waals surface area contributed by atoms with Crippen LogP contribution in [0.5, 0.6) is 0 Å². The highest BCUT2D eigenvalue weighted by molar-refractivity contribution is 5.81. The molecular weight excluding hydrogens is 320 g/mol. The number of hydrogen-bond acceptors (Lipinski definition) is 6. The molecule has 0 aromatic rings. The summed E-state index contributed by atoms with van der Waals surface area (Å²) in [5.41, 5.74) is 9.38. The summed E-state index contributed by atoms with van der Waals surface area (Å²) in [5, 5.41) is 15.4. The zero-order valence-corrected chi connectivity index (χ0v) is 15.2. The average molecular weight is 354 g/mol. The Hall–Kier alpha value is -0.730. The number of carbonyl (C=O) groups excluding carboxylic acids is 1. The highest BCUT2D eigenvalue weighted by Gasteiger charge is 2.30. The van der Waals surface area contributed by atoms with Gasteiger partial charge >= 0.3 is 0 Å². The lowest BCUT2D eigenvalue weighted by Gasteiger charge is -2.26. The van der Waals surface area contributed by atoms with Crippen LogP contribution in [0.15, 0.2) is 0 Å². The van der Waals surface area contributed by atoms with Gasteiger partial charge in [0.25, 0.3) is 0 Å². The van der Waals surface area contributed by atoms with Crippen LogP contribution >= 0.6 is 0 Å². The molecule has 5 N–H and O–H groups in total. The first-order valence-electron chi connectivity index (χ1n) is 9.96. The minimum absolute atomic E-state index is 0.0852. The number of rotatable bonds is 7. The van der Waals surface area contributed by atoms with E-state index < -0.39 is 12.1 Å². The minimum atomic E-state index is -0.688. The topological polar surface area (TPSA) is 99.9 Å². The number of aliphatic hydroxyl groups is 1. The highest BCUT2D eigenvalue weighted by atomic mass is 16.5. The minimum Gasteiger partial charge on any atom is -0.390 e. The highest BCUT2D eigenvalue weighted by Crippen LogP contribution is 2.24. The summed E-state index contributed by atoms with van der Waals surface area (Å²) in [6, 6.07) is -0.603. The first-order chi connectivity index (χ1) is 12.1. The van der Waals surface area contributed by atoms with Gasteiger partial charge in [-0.3, -0.25) is 10.2 Å². The molecule has 1 saturated carbocycles. The Morgan fingerprint density at radius 2 is 2.08 bits per heavy atom. The van der Waals surface area contributed by atoms with Crippen molar-refractivity contribution in [1.29, 1.82) is 0 Å². The number of aliphatic hydroxyl groups excluding tert-OH is 1. The summed E-state index contributed by atoms with van der Waals surface area (Å²) in [4.78, 5) is 12.3. The van der Waals surface area contributed by atoms with Gasteiger partial charge < -0.3 is 20.9 Å². The fraction of sp³-hybridized carbons (Fsp3) is 0.944. The Morgan fingerprint density at radius 1 is 1.28 bits per heavy atom. The Morgan fingerprint density at radius 3 is 2.80 bits per heavy atom. The van der Waals surface area contributed by atoms with E-state index in [1.807, 2.05) is 0 Å². The van der Waals surface area contributed by atoms with Crippen molar-refractivity contribution in [3.8, 4) is 0 Å². The summed E-state index contributed by atoms with van der Waals surface area (Å²) < 4.78 is 5.46. The van der Waals surface area contributed by atoms with Crippen LogP contribution < -0.4 is 16.5 Å². The molecule has 2 heterocycles. The number of carbonyl (C=O) groups is 1. The van der Waals surface area contributed by atoms with Crippen molar-refractivity contribution in [3.05, 3.63) is 0 Å². The summed E-state index contributed by atoms with van der Waals surface area (Å²) in [6.07, 6.45) is 7.95. The molecule has 0 radical (unpaired) electrons. The lowest BCUT2D eigenvalue weighted by Crippen LogP contribution is -2.49. The van der Waals surface area contributed by atoms with E-state index in [-0.39, 0.29) is 24.5 Å². The quantitative estimate of drug-likeness (QED) is 0.519. The monoisotopic (exact) mass is 354 g/mol. The van der Waals surface area contributed by atoms with Gasteiger partial charge in [0.05, 0.1) is 24.3 Å². The molecule has 0 spiro atoms. The van der Waals surface area contributed by atoms with Crippen molar-refractivity contribution in [3.63, 3.8) is 0 Å². The molecule has 7 heteroatoms. The molecule has 1 amide bonds. The Bertz CT molecular complexity index is 425. The maximum Gasteiger partial charge on any atom is 0.237 e. The van der Waals surface area contributed by atoms with E-state index in [1.165, 1.54) is 32.1 Å². The van der Waals surface area contributed by atoms with Gasteiger partial charge in [-0.05, 0) is 38.0 Å². The van der Waals surface area contributed by atoms with Crippen LogP contribution in [0, 0.1) is 5.92 Å². The van der Waals surface area contributed by atoms with Gasteiger partial charge in [0.2, 0.25) is 5.91 Å². The van der Waals surface area contributed by atoms with Gasteiger partial charge in [-0.2, -0.15) is 0 Å². The molecule has 0 aromatic carbocycles. The van der Waals surface area contributed by atoms with Crippen molar-refractivity contribution >= 4 is 5.91 Å². The molecule has 7 nitrogen and oxygen atoms in total. The van der Waals surface area contributed by atoms with Crippen LogP contribution in [0.2, 0.25) is 0 Å². The summed E-state index contributed by atoms with van der Waals surface area (Å²) >= 11 is 0. The first-order valence-corrected chi connectivity index (χ1v) is 9.96.